The number of H-pyrrole nitrogens is 1. The number of rotatable bonds is 5. The minimum Gasteiger partial charge on any atom is -0.493 e. The third kappa shape index (κ3) is 2.92. The maximum Gasteiger partial charge on any atom is 0.270 e. The first-order valence-electron chi connectivity index (χ1n) is 6.54. The van der Waals surface area contributed by atoms with Crippen molar-refractivity contribution >= 4 is 11.8 Å². The van der Waals surface area contributed by atoms with Gasteiger partial charge in [-0.1, -0.05) is 17.8 Å². The number of methoxy groups -OCH3 is 1. The molecule has 1 heterocycles. The first-order valence-corrected chi connectivity index (χ1v) is 7.77. The van der Waals surface area contributed by atoms with Gasteiger partial charge in [-0.05, 0) is 25.3 Å². The Balaban J connectivity index is 2.79. The van der Waals surface area contributed by atoms with Crippen molar-refractivity contribution in [1.29, 1.82) is 5.26 Å². The zero-order valence-electron chi connectivity index (χ0n) is 12.5. The normalized spacial score (nSPS) is 10.1. The number of aromatic amines is 1. The fourth-order valence-electron chi connectivity index (χ4n) is 2.00. The van der Waals surface area contributed by atoms with Crippen molar-refractivity contribution in [2.45, 2.75) is 12.1 Å². The SMILES string of the molecule is CCOc1c(OC)cccc1-c1nc(SC)[nH]c(=O)c1C#N. The van der Waals surface area contributed by atoms with Crippen LogP contribution in [0.3, 0.4) is 0 Å². The van der Waals surface area contributed by atoms with Crippen LogP contribution in [0, 0.1) is 11.3 Å². The van der Waals surface area contributed by atoms with Crippen molar-refractivity contribution in [3.63, 3.8) is 0 Å². The van der Waals surface area contributed by atoms with E-state index >= 15 is 0 Å². The van der Waals surface area contributed by atoms with Crippen LogP contribution in [-0.4, -0.2) is 29.9 Å². The first kappa shape index (κ1) is 15.9. The highest BCUT2D eigenvalue weighted by Gasteiger charge is 2.19. The quantitative estimate of drug-likeness (QED) is 0.673. The summed E-state index contributed by atoms with van der Waals surface area (Å²) in [7, 11) is 1.53. The molecule has 6 nitrogen and oxygen atoms in total. The van der Waals surface area contributed by atoms with E-state index in [9.17, 15) is 10.1 Å². The summed E-state index contributed by atoms with van der Waals surface area (Å²) in [5.74, 6) is 0.991. The Bertz CT molecular complexity index is 781. The van der Waals surface area contributed by atoms with Crippen LogP contribution in [-0.2, 0) is 0 Å². The highest BCUT2D eigenvalue weighted by molar-refractivity contribution is 7.98. The highest BCUT2D eigenvalue weighted by atomic mass is 32.2. The lowest BCUT2D eigenvalue weighted by Crippen LogP contribution is -2.15. The molecule has 0 atom stereocenters. The molecule has 0 bridgehead atoms. The van der Waals surface area contributed by atoms with Gasteiger partial charge >= 0.3 is 0 Å². The number of benzene rings is 1. The Morgan fingerprint density at radius 1 is 1.45 bits per heavy atom. The van der Waals surface area contributed by atoms with Crippen molar-refractivity contribution in [3.8, 4) is 28.8 Å². The van der Waals surface area contributed by atoms with E-state index in [0.29, 0.717) is 28.8 Å². The standard InChI is InChI=1S/C15H15N3O3S/c1-4-21-13-9(6-5-7-11(13)20-2)12-10(8-16)14(19)18-15(17-12)22-3/h5-7H,4H2,1-3H3,(H,17,18,19). The molecular weight excluding hydrogens is 302 g/mol. The van der Waals surface area contributed by atoms with Crippen LogP contribution in [0.4, 0.5) is 0 Å². The van der Waals surface area contributed by atoms with Gasteiger partial charge in [0.2, 0.25) is 0 Å². The summed E-state index contributed by atoms with van der Waals surface area (Å²) in [6.07, 6.45) is 1.79. The second-order valence-electron chi connectivity index (χ2n) is 4.18. The van der Waals surface area contributed by atoms with Crippen LogP contribution >= 0.6 is 11.8 Å². The maximum absolute atomic E-state index is 12.0. The molecule has 7 heteroatoms. The minimum atomic E-state index is -0.470. The molecule has 0 spiro atoms. The molecule has 0 aliphatic carbocycles. The van der Waals surface area contributed by atoms with Gasteiger partial charge in [0, 0.05) is 5.56 Å². The highest BCUT2D eigenvalue weighted by Crippen LogP contribution is 2.38. The molecule has 0 aliphatic rings. The largest absolute Gasteiger partial charge is 0.493 e. The van der Waals surface area contributed by atoms with Gasteiger partial charge in [0.25, 0.3) is 5.56 Å². The van der Waals surface area contributed by atoms with Gasteiger partial charge in [-0.3, -0.25) is 4.79 Å². The molecule has 2 rings (SSSR count). The van der Waals surface area contributed by atoms with Crippen LogP contribution in [0.5, 0.6) is 11.5 Å². The molecule has 0 unspecified atom stereocenters. The Morgan fingerprint density at radius 3 is 2.82 bits per heavy atom. The average Bonchev–Trinajstić information content (AvgIpc) is 2.54. The van der Waals surface area contributed by atoms with Gasteiger partial charge in [-0.25, -0.2) is 4.98 Å². The van der Waals surface area contributed by atoms with E-state index in [0.717, 1.165) is 0 Å². The van der Waals surface area contributed by atoms with Gasteiger partial charge in [-0.2, -0.15) is 5.26 Å². The van der Waals surface area contributed by atoms with E-state index in [2.05, 4.69) is 9.97 Å². The summed E-state index contributed by atoms with van der Waals surface area (Å²) in [5.41, 5.74) is 0.325. The first-order chi connectivity index (χ1) is 10.7. The molecule has 0 saturated heterocycles. The van der Waals surface area contributed by atoms with Crippen LogP contribution in [0.25, 0.3) is 11.3 Å². The zero-order chi connectivity index (χ0) is 16.1. The van der Waals surface area contributed by atoms with Gasteiger partial charge in [0.05, 0.1) is 13.7 Å². The average molecular weight is 317 g/mol. The van der Waals surface area contributed by atoms with Crippen molar-refractivity contribution in [3.05, 3.63) is 34.1 Å². The van der Waals surface area contributed by atoms with Crippen LogP contribution in [0.15, 0.2) is 28.2 Å². The summed E-state index contributed by atoms with van der Waals surface area (Å²) in [5, 5.41) is 9.72. The van der Waals surface area contributed by atoms with E-state index in [1.807, 2.05) is 13.0 Å². The predicted molar refractivity (Wildman–Crippen MR) is 84.5 cm³/mol. The summed E-state index contributed by atoms with van der Waals surface area (Å²) in [6, 6.07) is 7.18. The Kier molecular flexibility index (Phi) is 5.07. The summed E-state index contributed by atoms with van der Waals surface area (Å²) in [6.45, 7) is 2.27. The van der Waals surface area contributed by atoms with Gasteiger partial charge in [0.1, 0.15) is 17.3 Å². The molecule has 2 aromatic rings. The lowest BCUT2D eigenvalue weighted by atomic mass is 10.1. The Hall–Kier alpha value is -2.46. The smallest absolute Gasteiger partial charge is 0.270 e. The fraction of sp³-hybridized carbons (Fsp3) is 0.267. The topological polar surface area (TPSA) is 88.0 Å². The number of thioether (sulfide) groups is 1. The molecular formula is C15H15N3O3S. The molecule has 114 valence electrons. The van der Waals surface area contributed by atoms with Crippen molar-refractivity contribution < 1.29 is 9.47 Å². The molecule has 1 N–H and O–H groups in total. The number of aromatic nitrogens is 2. The Labute approximate surface area is 132 Å². The van der Waals surface area contributed by atoms with E-state index in [4.69, 9.17) is 9.47 Å². The summed E-state index contributed by atoms with van der Waals surface area (Å²) >= 11 is 1.29. The van der Waals surface area contributed by atoms with Gasteiger partial charge in [0.15, 0.2) is 16.7 Å². The van der Waals surface area contributed by atoms with Crippen molar-refractivity contribution in [1.82, 2.24) is 9.97 Å². The molecule has 1 aromatic carbocycles. The van der Waals surface area contributed by atoms with Crippen molar-refractivity contribution in [2.24, 2.45) is 0 Å². The van der Waals surface area contributed by atoms with Crippen LogP contribution in [0.2, 0.25) is 0 Å². The lowest BCUT2D eigenvalue weighted by molar-refractivity contribution is 0.312. The zero-order valence-corrected chi connectivity index (χ0v) is 13.3. The molecule has 0 fully saturated rings. The fourth-order valence-corrected chi connectivity index (χ4v) is 2.38. The molecule has 22 heavy (non-hydrogen) atoms. The number of nitrogens with zero attached hydrogens (tertiary/aromatic N) is 2. The number of ether oxygens (including phenoxy) is 2. The lowest BCUT2D eigenvalue weighted by Gasteiger charge is -2.14. The van der Waals surface area contributed by atoms with E-state index < -0.39 is 5.56 Å². The summed E-state index contributed by atoms with van der Waals surface area (Å²) in [4.78, 5) is 19.0. The summed E-state index contributed by atoms with van der Waals surface area (Å²) < 4.78 is 10.9. The Morgan fingerprint density at radius 2 is 2.23 bits per heavy atom. The minimum absolute atomic E-state index is 0.0491. The monoisotopic (exact) mass is 317 g/mol. The molecule has 0 aliphatic heterocycles. The number of nitriles is 1. The van der Waals surface area contributed by atoms with Crippen LogP contribution < -0.4 is 15.0 Å². The van der Waals surface area contributed by atoms with Crippen molar-refractivity contribution in [2.75, 3.05) is 20.0 Å². The van der Waals surface area contributed by atoms with E-state index in [1.165, 1.54) is 18.9 Å². The number of hydrogen-bond donors (Lipinski definition) is 1. The van der Waals surface area contributed by atoms with E-state index in [1.54, 1.807) is 24.5 Å². The third-order valence-corrected chi connectivity index (χ3v) is 3.53. The van der Waals surface area contributed by atoms with Crippen LogP contribution in [0.1, 0.15) is 12.5 Å². The second kappa shape index (κ2) is 7.00. The molecule has 0 amide bonds. The number of hydrogen-bond acceptors (Lipinski definition) is 6. The second-order valence-corrected chi connectivity index (χ2v) is 4.98. The number of para-hydroxylation sites is 1. The van der Waals surface area contributed by atoms with E-state index in [-0.39, 0.29) is 11.3 Å². The molecule has 0 saturated carbocycles. The third-order valence-electron chi connectivity index (χ3n) is 2.95. The maximum atomic E-state index is 12.0. The van der Waals surface area contributed by atoms with Gasteiger partial charge < -0.3 is 14.5 Å². The molecule has 1 aromatic heterocycles. The molecule has 0 radical (unpaired) electrons. The van der Waals surface area contributed by atoms with Gasteiger partial charge in [-0.15, -0.1) is 0 Å². The predicted octanol–water partition coefficient (Wildman–Crippen LogP) is 2.44. The number of nitrogens with one attached hydrogen (secondary N) is 1.